The molecule has 240 valence electrons. The van der Waals surface area contributed by atoms with Gasteiger partial charge in [-0.3, -0.25) is 28.8 Å². The summed E-state index contributed by atoms with van der Waals surface area (Å²) in [6.45, 7) is 8.86. The third kappa shape index (κ3) is 6.48. The van der Waals surface area contributed by atoms with E-state index in [4.69, 9.17) is 4.74 Å². The molecule has 1 aliphatic heterocycles. The highest BCUT2D eigenvalue weighted by Crippen LogP contribution is 2.31. The number of imidazole rings is 1. The normalized spacial score (nSPS) is 14.2. The Morgan fingerprint density at radius 1 is 1.07 bits per heavy atom. The average molecular weight is 629 g/mol. The number of hydrogen-bond acceptors (Lipinski definition) is 9. The van der Waals surface area contributed by atoms with Crippen LogP contribution in [0.25, 0.3) is 16.6 Å². The van der Waals surface area contributed by atoms with Crippen LogP contribution in [0, 0.1) is 6.92 Å². The predicted octanol–water partition coefficient (Wildman–Crippen LogP) is 2.57. The summed E-state index contributed by atoms with van der Waals surface area (Å²) in [5.41, 5.74) is 1.97. The van der Waals surface area contributed by atoms with E-state index in [1.165, 1.54) is 16.8 Å². The van der Waals surface area contributed by atoms with Crippen molar-refractivity contribution in [1.82, 2.24) is 39.0 Å². The number of alkyl carbamates (subject to hydrolysis) is 1. The first-order chi connectivity index (χ1) is 21.8. The van der Waals surface area contributed by atoms with Crippen LogP contribution in [0.3, 0.4) is 0 Å². The van der Waals surface area contributed by atoms with Crippen molar-refractivity contribution in [1.29, 1.82) is 0 Å². The number of ether oxygens (including phenoxy) is 1. The molecular weight excluding hydrogens is 592 g/mol. The zero-order chi connectivity index (χ0) is 32.7. The van der Waals surface area contributed by atoms with Gasteiger partial charge in [0.1, 0.15) is 16.8 Å². The van der Waals surface area contributed by atoms with E-state index in [2.05, 4.69) is 35.6 Å². The number of aromatic amines is 1. The highest BCUT2D eigenvalue weighted by molar-refractivity contribution is 6.13. The van der Waals surface area contributed by atoms with Crippen LogP contribution in [0.2, 0.25) is 0 Å². The van der Waals surface area contributed by atoms with E-state index in [1.54, 1.807) is 27.5 Å². The molecule has 1 fully saturated rings. The van der Waals surface area contributed by atoms with Crippen molar-refractivity contribution in [3.8, 4) is 0 Å². The fourth-order valence-corrected chi connectivity index (χ4v) is 5.68. The van der Waals surface area contributed by atoms with E-state index in [9.17, 15) is 19.2 Å². The molecule has 0 saturated carbocycles. The second-order valence-corrected chi connectivity index (χ2v) is 12.5. The number of rotatable bonds is 6. The Hall–Kier alpha value is -5.47. The van der Waals surface area contributed by atoms with Gasteiger partial charge in [-0.25, -0.2) is 14.6 Å². The van der Waals surface area contributed by atoms with Crippen LogP contribution in [0.4, 0.5) is 16.3 Å². The molecule has 4 aromatic heterocycles. The molecule has 5 heterocycles. The number of piperidine rings is 1. The number of anilines is 2. The lowest BCUT2D eigenvalue weighted by Gasteiger charge is -2.34. The number of fused-ring (bicyclic) bond motifs is 2. The summed E-state index contributed by atoms with van der Waals surface area (Å²) in [5.74, 6) is -0.0674. The monoisotopic (exact) mass is 628 g/mol. The van der Waals surface area contributed by atoms with Crippen LogP contribution in [0.1, 0.15) is 55.4 Å². The fraction of sp³-hybridized carbons (Fsp3) is 0.387. The van der Waals surface area contributed by atoms with Crippen LogP contribution in [0.15, 0.2) is 52.6 Å². The van der Waals surface area contributed by atoms with Crippen molar-refractivity contribution in [2.24, 2.45) is 7.05 Å². The van der Waals surface area contributed by atoms with E-state index in [1.807, 2.05) is 47.0 Å². The summed E-state index contributed by atoms with van der Waals surface area (Å²) in [7, 11) is 1.81. The standard InChI is InChI=1S/C31H36N10O5/c1-18-14-41-17-24(34-27(41)22(32-18)16-40-13-10-25(42)36-29(40)44)35-28(43)20-6-7-23(21-15-38(5)37-26(20)21)39-11-8-19(9-12-39)33-30(45)46-31(2,3)4/h6-7,10,13-15,17,19H,8-9,11-12,16H2,1-5H3,(H,33,45)(H,35,43)(H,36,42,44). The topological polar surface area (TPSA) is 174 Å². The van der Waals surface area contributed by atoms with E-state index < -0.39 is 22.9 Å². The van der Waals surface area contributed by atoms with Crippen LogP contribution >= 0.6 is 0 Å². The maximum atomic E-state index is 13.6. The minimum Gasteiger partial charge on any atom is -0.444 e. The molecule has 6 rings (SSSR count). The van der Waals surface area contributed by atoms with Gasteiger partial charge in [-0.1, -0.05) is 0 Å². The summed E-state index contributed by atoms with van der Waals surface area (Å²) in [6.07, 6.45) is 7.85. The molecule has 0 radical (unpaired) electrons. The summed E-state index contributed by atoms with van der Waals surface area (Å²) < 4.78 is 10.2. The second kappa shape index (κ2) is 11.8. The van der Waals surface area contributed by atoms with Crippen LogP contribution in [-0.4, -0.2) is 70.4 Å². The highest BCUT2D eigenvalue weighted by atomic mass is 16.6. The molecule has 0 bridgehead atoms. The minimum atomic E-state index is -0.557. The maximum absolute atomic E-state index is 13.6. The highest BCUT2D eigenvalue weighted by Gasteiger charge is 2.26. The summed E-state index contributed by atoms with van der Waals surface area (Å²) in [4.78, 5) is 63.2. The van der Waals surface area contributed by atoms with Gasteiger partial charge in [-0.2, -0.15) is 5.10 Å². The van der Waals surface area contributed by atoms with Gasteiger partial charge >= 0.3 is 11.8 Å². The van der Waals surface area contributed by atoms with Crippen molar-refractivity contribution in [2.45, 2.75) is 58.7 Å². The lowest BCUT2D eigenvalue weighted by atomic mass is 10.0. The number of nitrogens with zero attached hydrogens (tertiary/aromatic N) is 7. The van der Waals surface area contributed by atoms with Crippen molar-refractivity contribution < 1.29 is 14.3 Å². The van der Waals surface area contributed by atoms with Crippen molar-refractivity contribution >= 4 is 40.1 Å². The molecular formula is C31H36N10O5. The van der Waals surface area contributed by atoms with Gasteiger partial charge < -0.3 is 24.7 Å². The summed E-state index contributed by atoms with van der Waals surface area (Å²) in [6, 6.07) is 4.97. The van der Waals surface area contributed by atoms with Crippen LogP contribution in [-0.2, 0) is 18.3 Å². The molecule has 1 saturated heterocycles. The van der Waals surface area contributed by atoms with Gasteiger partial charge in [0.2, 0.25) is 0 Å². The number of H-pyrrole nitrogens is 1. The number of amides is 2. The molecule has 15 nitrogen and oxygen atoms in total. The van der Waals surface area contributed by atoms with Gasteiger partial charge in [0, 0.05) is 61.9 Å². The molecule has 1 aromatic carbocycles. The van der Waals surface area contributed by atoms with E-state index in [0.717, 1.165) is 37.0 Å². The largest absolute Gasteiger partial charge is 0.444 e. The Morgan fingerprint density at radius 3 is 2.54 bits per heavy atom. The lowest BCUT2D eigenvalue weighted by Crippen LogP contribution is -2.46. The molecule has 15 heteroatoms. The third-order valence-corrected chi connectivity index (χ3v) is 7.66. The first kappa shape index (κ1) is 30.6. The van der Waals surface area contributed by atoms with E-state index >= 15 is 0 Å². The minimum absolute atomic E-state index is 0.0168. The average Bonchev–Trinajstić information content (AvgIpc) is 3.55. The maximum Gasteiger partial charge on any atom is 0.407 e. The van der Waals surface area contributed by atoms with Crippen molar-refractivity contribution in [2.75, 3.05) is 23.3 Å². The van der Waals surface area contributed by atoms with Crippen LogP contribution in [0.5, 0.6) is 0 Å². The Labute approximate surface area is 263 Å². The van der Waals surface area contributed by atoms with Crippen LogP contribution < -0.4 is 26.8 Å². The molecule has 46 heavy (non-hydrogen) atoms. The van der Waals surface area contributed by atoms with Crippen molar-refractivity contribution in [3.05, 3.63) is 80.8 Å². The Morgan fingerprint density at radius 2 is 1.83 bits per heavy atom. The Balaban J connectivity index is 1.20. The molecule has 0 unspecified atom stereocenters. The Kier molecular flexibility index (Phi) is 7.84. The van der Waals surface area contributed by atoms with Gasteiger partial charge in [0.25, 0.3) is 11.5 Å². The predicted molar refractivity (Wildman–Crippen MR) is 171 cm³/mol. The number of nitrogens with one attached hydrogen (secondary N) is 3. The van der Waals surface area contributed by atoms with Crippen molar-refractivity contribution in [3.63, 3.8) is 0 Å². The summed E-state index contributed by atoms with van der Waals surface area (Å²) >= 11 is 0. The van der Waals surface area contributed by atoms with Gasteiger partial charge in [0.15, 0.2) is 11.5 Å². The number of carbonyl (C=O) groups excluding carboxylic acids is 2. The van der Waals surface area contributed by atoms with E-state index in [0.29, 0.717) is 33.9 Å². The SMILES string of the molecule is Cc1cn2cc(NC(=O)c3ccc(N4CCC(NC(=O)OC(C)(C)C)CC4)c4cn(C)nc34)nc2c(Cn2ccc(=O)[nH]c2=O)n1. The molecule has 0 aliphatic carbocycles. The smallest absolute Gasteiger partial charge is 0.407 e. The fourth-order valence-electron chi connectivity index (χ4n) is 5.68. The zero-order valence-electron chi connectivity index (χ0n) is 26.3. The number of aryl methyl sites for hydroxylation is 2. The molecule has 0 spiro atoms. The first-order valence-corrected chi connectivity index (χ1v) is 15.0. The second-order valence-electron chi connectivity index (χ2n) is 12.5. The molecule has 1 aliphatic rings. The van der Waals surface area contributed by atoms with Gasteiger partial charge in [0.05, 0.1) is 24.0 Å². The molecule has 3 N–H and O–H groups in total. The Bertz CT molecular complexity index is 2080. The van der Waals surface area contributed by atoms with E-state index in [-0.39, 0.29) is 18.5 Å². The number of aromatic nitrogens is 7. The zero-order valence-corrected chi connectivity index (χ0v) is 26.3. The van der Waals surface area contributed by atoms with Gasteiger partial charge in [-0.05, 0) is 52.7 Å². The number of carbonyl (C=O) groups is 2. The first-order valence-electron chi connectivity index (χ1n) is 15.0. The molecule has 2 amide bonds. The summed E-state index contributed by atoms with van der Waals surface area (Å²) in [5, 5.41) is 11.3. The number of hydrogen-bond donors (Lipinski definition) is 3. The van der Waals surface area contributed by atoms with Gasteiger partial charge in [-0.15, -0.1) is 0 Å². The lowest BCUT2D eigenvalue weighted by molar-refractivity contribution is 0.0497. The number of benzene rings is 1. The molecule has 5 aromatic rings. The molecule has 0 atom stereocenters. The third-order valence-electron chi connectivity index (χ3n) is 7.66. The quantitative estimate of drug-likeness (QED) is 0.255.